The summed E-state index contributed by atoms with van der Waals surface area (Å²) in [6.07, 6.45) is 0.595. The van der Waals surface area contributed by atoms with Gasteiger partial charge in [0.25, 0.3) is 0 Å². The first-order chi connectivity index (χ1) is 12.4. The zero-order chi connectivity index (χ0) is 18.7. The summed E-state index contributed by atoms with van der Waals surface area (Å²) in [5.41, 5.74) is 1.87. The number of nitriles is 1. The topological polar surface area (TPSA) is 91.2 Å². The number of fused-ring (bicyclic) bond motifs is 1. The summed E-state index contributed by atoms with van der Waals surface area (Å²) in [7, 11) is 0. The van der Waals surface area contributed by atoms with E-state index in [0.717, 1.165) is 16.0 Å². The average Bonchev–Trinajstić information content (AvgIpc) is 2.95. The first kappa shape index (κ1) is 18.1. The predicted molar refractivity (Wildman–Crippen MR) is 98.5 cm³/mol. The maximum atomic E-state index is 12.2. The van der Waals surface area contributed by atoms with Crippen molar-refractivity contribution >= 4 is 28.2 Å². The lowest BCUT2D eigenvalue weighted by atomic mass is 9.93. The van der Waals surface area contributed by atoms with E-state index >= 15 is 0 Å². The number of nitrogens with one attached hydrogen (secondary N) is 2. The number of amides is 2. The van der Waals surface area contributed by atoms with Crippen molar-refractivity contribution in [1.29, 1.82) is 5.26 Å². The lowest BCUT2D eigenvalue weighted by molar-refractivity contribution is -0.136. The quantitative estimate of drug-likeness (QED) is 0.814. The van der Waals surface area contributed by atoms with Gasteiger partial charge in [0.2, 0.25) is 0 Å². The van der Waals surface area contributed by atoms with E-state index in [0.29, 0.717) is 23.6 Å². The van der Waals surface area contributed by atoms with Gasteiger partial charge in [0.15, 0.2) is 0 Å². The van der Waals surface area contributed by atoms with Crippen LogP contribution in [0.15, 0.2) is 30.3 Å². The van der Waals surface area contributed by atoms with Crippen LogP contribution in [0.1, 0.15) is 35.4 Å². The van der Waals surface area contributed by atoms with E-state index < -0.39 is 11.8 Å². The van der Waals surface area contributed by atoms with E-state index in [9.17, 15) is 14.9 Å². The molecule has 2 aromatic rings. The third-order valence-electron chi connectivity index (χ3n) is 4.13. The number of hydrogen-bond acceptors (Lipinski definition) is 5. The Balaban J connectivity index is 1.69. The van der Waals surface area contributed by atoms with Crippen molar-refractivity contribution in [2.75, 3.05) is 5.32 Å². The smallest absolute Gasteiger partial charge is 0.314 e. The van der Waals surface area contributed by atoms with E-state index in [4.69, 9.17) is 4.74 Å². The third-order valence-corrected chi connectivity index (χ3v) is 5.25. The second kappa shape index (κ2) is 7.28. The number of rotatable bonds is 3. The number of hydrogen-bond donors (Lipinski definition) is 2. The van der Waals surface area contributed by atoms with Crippen molar-refractivity contribution in [2.45, 2.75) is 39.0 Å². The number of carbonyl (C=O) groups is 2. The number of benzene rings is 1. The number of anilines is 1. The molecule has 1 aliphatic heterocycles. The lowest BCUT2D eigenvalue weighted by Gasteiger charge is -2.29. The van der Waals surface area contributed by atoms with Gasteiger partial charge in [-0.25, -0.2) is 0 Å². The Hall–Kier alpha value is -2.69. The van der Waals surface area contributed by atoms with Crippen LogP contribution >= 0.6 is 11.3 Å². The second-order valence-corrected chi connectivity index (χ2v) is 7.77. The molecule has 0 spiro atoms. The minimum Gasteiger partial charge on any atom is -0.370 e. The molecule has 1 aromatic heterocycles. The van der Waals surface area contributed by atoms with Crippen LogP contribution in [0, 0.1) is 11.3 Å². The average molecular weight is 369 g/mol. The van der Waals surface area contributed by atoms with Crippen LogP contribution < -0.4 is 10.6 Å². The van der Waals surface area contributed by atoms with Crippen LogP contribution in [0.25, 0.3) is 0 Å². The summed E-state index contributed by atoms with van der Waals surface area (Å²) >= 11 is 1.29. The number of thiophene rings is 1. The standard InChI is InChI=1S/C19H19N3O3S/c1-19(2)8-13-14(9-20)18(26-15(13)11-25-19)22-17(24)16(23)21-10-12-6-4-3-5-7-12/h3-7H,8,10-11H2,1-2H3,(H,21,23)(H,22,24). The normalized spacial score (nSPS) is 14.8. The monoisotopic (exact) mass is 369 g/mol. The van der Waals surface area contributed by atoms with E-state index in [-0.39, 0.29) is 12.1 Å². The molecular weight excluding hydrogens is 350 g/mol. The van der Waals surface area contributed by atoms with E-state index in [1.807, 2.05) is 44.2 Å². The van der Waals surface area contributed by atoms with Gasteiger partial charge in [0.1, 0.15) is 11.1 Å². The molecule has 0 saturated carbocycles. The molecule has 0 aliphatic carbocycles. The first-order valence-corrected chi connectivity index (χ1v) is 9.03. The number of ether oxygens (including phenoxy) is 1. The molecule has 7 heteroatoms. The maximum Gasteiger partial charge on any atom is 0.314 e. The molecule has 0 unspecified atom stereocenters. The molecule has 0 fully saturated rings. The highest BCUT2D eigenvalue weighted by Crippen LogP contribution is 2.39. The summed E-state index contributed by atoms with van der Waals surface area (Å²) in [5.74, 6) is -1.52. The zero-order valence-electron chi connectivity index (χ0n) is 14.6. The highest BCUT2D eigenvalue weighted by molar-refractivity contribution is 7.16. The largest absolute Gasteiger partial charge is 0.370 e. The molecule has 2 amide bonds. The summed E-state index contributed by atoms with van der Waals surface area (Å²) < 4.78 is 5.75. The van der Waals surface area contributed by atoms with Gasteiger partial charge in [-0.05, 0) is 25.0 Å². The fourth-order valence-corrected chi connectivity index (χ4v) is 3.85. The van der Waals surface area contributed by atoms with Crippen molar-refractivity contribution in [3.05, 3.63) is 51.9 Å². The maximum absolute atomic E-state index is 12.2. The predicted octanol–water partition coefficient (Wildman–Crippen LogP) is 2.73. The van der Waals surface area contributed by atoms with Crippen LogP contribution in [0.3, 0.4) is 0 Å². The molecule has 0 bridgehead atoms. The number of nitrogens with zero attached hydrogens (tertiary/aromatic N) is 1. The molecule has 3 rings (SSSR count). The molecule has 0 atom stereocenters. The molecule has 6 nitrogen and oxygen atoms in total. The Kier molecular flexibility index (Phi) is 5.07. The molecule has 0 radical (unpaired) electrons. The molecule has 134 valence electrons. The first-order valence-electron chi connectivity index (χ1n) is 8.21. The Morgan fingerprint density at radius 3 is 2.69 bits per heavy atom. The second-order valence-electron chi connectivity index (χ2n) is 6.67. The SMILES string of the molecule is CC1(C)Cc2c(sc(NC(=O)C(=O)NCc3ccccc3)c2C#N)CO1. The van der Waals surface area contributed by atoms with Crippen LogP contribution in [0.5, 0.6) is 0 Å². The molecule has 0 saturated heterocycles. The fourth-order valence-electron chi connectivity index (χ4n) is 2.78. The van der Waals surface area contributed by atoms with Crippen LogP contribution in [0.2, 0.25) is 0 Å². The van der Waals surface area contributed by atoms with Crippen LogP contribution in [-0.2, 0) is 33.9 Å². The minimum absolute atomic E-state index is 0.265. The van der Waals surface area contributed by atoms with Gasteiger partial charge in [-0.1, -0.05) is 30.3 Å². The molecule has 2 N–H and O–H groups in total. The molecule has 2 heterocycles. The van der Waals surface area contributed by atoms with Crippen LogP contribution in [-0.4, -0.2) is 17.4 Å². The fraction of sp³-hybridized carbons (Fsp3) is 0.316. The molecule has 26 heavy (non-hydrogen) atoms. The third kappa shape index (κ3) is 3.93. The summed E-state index contributed by atoms with van der Waals surface area (Å²) in [4.78, 5) is 25.1. The van der Waals surface area contributed by atoms with Gasteiger partial charge >= 0.3 is 11.8 Å². The number of carbonyl (C=O) groups excluding carboxylic acids is 2. The Bertz CT molecular complexity index is 881. The van der Waals surface area contributed by atoms with Crippen molar-refractivity contribution in [1.82, 2.24) is 5.32 Å². The van der Waals surface area contributed by atoms with Gasteiger partial charge in [-0.3, -0.25) is 9.59 Å². The lowest BCUT2D eigenvalue weighted by Crippen LogP contribution is -2.35. The molecule has 1 aliphatic rings. The van der Waals surface area contributed by atoms with Gasteiger partial charge in [-0.15, -0.1) is 11.3 Å². The zero-order valence-corrected chi connectivity index (χ0v) is 15.4. The van der Waals surface area contributed by atoms with Crippen molar-refractivity contribution in [3.8, 4) is 6.07 Å². The van der Waals surface area contributed by atoms with E-state index in [1.54, 1.807) is 0 Å². The Morgan fingerprint density at radius 2 is 2.00 bits per heavy atom. The Labute approximate surface area is 155 Å². The minimum atomic E-state index is -0.781. The highest BCUT2D eigenvalue weighted by Gasteiger charge is 2.32. The van der Waals surface area contributed by atoms with Crippen LogP contribution in [0.4, 0.5) is 5.00 Å². The van der Waals surface area contributed by atoms with Gasteiger partial charge in [0.05, 0.1) is 17.8 Å². The van der Waals surface area contributed by atoms with Crippen molar-refractivity contribution < 1.29 is 14.3 Å². The molecular formula is C19H19N3O3S. The highest BCUT2D eigenvalue weighted by atomic mass is 32.1. The summed E-state index contributed by atoms with van der Waals surface area (Å²) in [6, 6.07) is 11.5. The molecule has 1 aromatic carbocycles. The van der Waals surface area contributed by atoms with Gasteiger partial charge in [-0.2, -0.15) is 5.26 Å². The van der Waals surface area contributed by atoms with E-state index in [1.165, 1.54) is 11.3 Å². The van der Waals surface area contributed by atoms with Crippen molar-refractivity contribution in [2.24, 2.45) is 0 Å². The van der Waals surface area contributed by atoms with Gasteiger partial charge in [0, 0.05) is 17.8 Å². The van der Waals surface area contributed by atoms with Gasteiger partial charge < -0.3 is 15.4 Å². The summed E-state index contributed by atoms with van der Waals surface area (Å²) in [5, 5.41) is 15.1. The van der Waals surface area contributed by atoms with Crippen molar-refractivity contribution in [3.63, 3.8) is 0 Å². The van der Waals surface area contributed by atoms with E-state index in [2.05, 4.69) is 16.7 Å². The Morgan fingerprint density at radius 1 is 1.27 bits per heavy atom. The summed E-state index contributed by atoms with van der Waals surface area (Å²) in [6.45, 7) is 4.59.